The zero-order valence-corrected chi connectivity index (χ0v) is 20.6. The summed E-state index contributed by atoms with van der Waals surface area (Å²) in [6, 6.07) is 20.7. The molecule has 0 saturated carbocycles. The summed E-state index contributed by atoms with van der Waals surface area (Å²) >= 11 is 5.98. The van der Waals surface area contributed by atoms with E-state index in [4.69, 9.17) is 21.3 Å². The molecule has 0 aliphatic heterocycles. The van der Waals surface area contributed by atoms with Crippen molar-refractivity contribution < 1.29 is 9.53 Å². The number of aromatic nitrogens is 2. The number of fused-ring (bicyclic) bond motifs is 1. The summed E-state index contributed by atoms with van der Waals surface area (Å²) in [5, 5.41) is 4.03. The minimum Gasteiger partial charge on any atom is -0.497 e. The first-order valence-electron chi connectivity index (χ1n) is 11.5. The molecule has 1 N–H and O–H groups in total. The van der Waals surface area contributed by atoms with E-state index >= 15 is 0 Å². The van der Waals surface area contributed by atoms with Crippen LogP contribution in [0, 0.1) is 0 Å². The van der Waals surface area contributed by atoms with E-state index in [1.807, 2.05) is 44.2 Å². The summed E-state index contributed by atoms with van der Waals surface area (Å²) in [6.07, 6.45) is 0.558. The molecule has 1 unspecified atom stereocenters. The highest BCUT2D eigenvalue weighted by Crippen LogP contribution is 2.27. The van der Waals surface area contributed by atoms with Crippen molar-refractivity contribution in [3.8, 4) is 11.4 Å². The van der Waals surface area contributed by atoms with E-state index in [0.717, 1.165) is 0 Å². The van der Waals surface area contributed by atoms with Crippen molar-refractivity contribution >= 4 is 34.2 Å². The van der Waals surface area contributed by atoms with E-state index in [0.29, 0.717) is 51.8 Å². The predicted octanol–water partition coefficient (Wildman–Crippen LogP) is 6.05. The predicted molar refractivity (Wildman–Crippen MR) is 140 cm³/mol. The van der Waals surface area contributed by atoms with Gasteiger partial charge in [-0.15, -0.1) is 0 Å². The number of hydrogen-bond donors (Lipinski definition) is 1. The first kappa shape index (κ1) is 24.3. The van der Waals surface area contributed by atoms with Crippen LogP contribution in [0.4, 0.5) is 10.5 Å². The van der Waals surface area contributed by atoms with E-state index < -0.39 is 6.04 Å². The van der Waals surface area contributed by atoms with Crippen LogP contribution in [0.25, 0.3) is 16.6 Å². The monoisotopic (exact) mass is 490 g/mol. The number of methoxy groups -OCH3 is 1. The number of carbonyl (C=O) groups is 1. The number of rotatable bonds is 7. The van der Waals surface area contributed by atoms with Crippen molar-refractivity contribution in [2.24, 2.45) is 0 Å². The molecule has 7 nitrogen and oxygen atoms in total. The van der Waals surface area contributed by atoms with Crippen LogP contribution in [0.2, 0.25) is 5.02 Å². The maximum atomic E-state index is 13.7. The maximum absolute atomic E-state index is 13.7. The number of hydrogen-bond acceptors (Lipinski definition) is 4. The Kier molecular flexibility index (Phi) is 7.36. The summed E-state index contributed by atoms with van der Waals surface area (Å²) in [5.41, 5.74) is 1.68. The van der Waals surface area contributed by atoms with E-state index in [2.05, 4.69) is 5.32 Å². The Morgan fingerprint density at radius 1 is 1.06 bits per heavy atom. The van der Waals surface area contributed by atoms with Gasteiger partial charge in [-0.05, 0) is 74.0 Å². The molecular weight excluding hydrogens is 464 g/mol. The highest BCUT2D eigenvalue weighted by molar-refractivity contribution is 6.30. The Bertz CT molecular complexity index is 1380. The van der Waals surface area contributed by atoms with Crippen LogP contribution in [0.5, 0.6) is 5.75 Å². The molecule has 0 bridgehead atoms. The molecular formula is C27H27ClN4O3. The Balaban J connectivity index is 1.83. The fraction of sp³-hybridized carbons (Fsp3) is 0.222. The van der Waals surface area contributed by atoms with Crippen LogP contribution < -0.4 is 15.6 Å². The van der Waals surface area contributed by atoms with Gasteiger partial charge >= 0.3 is 6.03 Å². The van der Waals surface area contributed by atoms with Crippen LogP contribution in [0.15, 0.2) is 77.6 Å². The number of carbonyl (C=O) groups excluding carboxylic acids is 1. The minimum absolute atomic E-state index is 0.191. The second-order valence-corrected chi connectivity index (χ2v) is 8.41. The molecule has 0 spiro atoms. The van der Waals surface area contributed by atoms with Gasteiger partial charge in [-0.2, -0.15) is 0 Å². The zero-order valence-electron chi connectivity index (χ0n) is 19.9. The Morgan fingerprint density at radius 2 is 1.74 bits per heavy atom. The molecule has 0 fully saturated rings. The molecule has 0 saturated heterocycles. The Labute approximate surface area is 208 Å². The number of anilines is 1. The largest absolute Gasteiger partial charge is 0.497 e. The molecule has 2 amide bonds. The standard InChI is InChI=1S/C27H27ClN4O3/c1-4-24(31(5-2)27(34)29-19-12-10-18(28)11-13-19)25-30-23-9-7-6-8-22(23)26(33)32(25)20-14-16-21(35-3)17-15-20/h6-17,24H,4-5H2,1-3H3,(H,29,34). The maximum Gasteiger partial charge on any atom is 0.322 e. The van der Waals surface area contributed by atoms with Crippen molar-refractivity contribution in [2.45, 2.75) is 26.3 Å². The molecule has 1 atom stereocenters. The summed E-state index contributed by atoms with van der Waals surface area (Å²) in [4.78, 5) is 33.6. The summed E-state index contributed by atoms with van der Waals surface area (Å²) in [6.45, 7) is 4.30. The average Bonchev–Trinajstić information content (AvgIpc) is 2.88. The van der Waals surface area contributed by atoms with Gasteiger partial charge < -0.3 is 15.0 Å². The lowest BCUT2D eigenvalue weighted by Gasteiger charge is -2.31. The summed E-state index contributed by atoms with van der Waals surface area (Å²) in [7, 11) is 1.59. The van der Waals surface area contributed by atoms with Gasteiger partial charge in [0.15, 0.2) is 0 Å². The van der Waals surface area contributed by atoms with Gasteiger partial charge in [0.2, 0.25) is 0 Å². The van der Waals surface area contributed by atoms with Crippen LogP contribution in [-0.2, 0) is 0 Å². The summed E-state index contributed by atoms with van der Waals surface area (Å²) in [5.74, 6) is 1.18. The lowest BCUT2D eigenvalue weighted by molar-refractivity contribution is 0.185. The topological polar surface area (TPSA) is 76.5 Å². The molecule has 3 aromatic carbocycles. The molecule has 4 rings (SSSR count). The van der Waals surface area contributed by atoms with Gasteiger partial charge in [-0.25, -0.2) is 9.78 Å². The number of nitrogens with zero attached hydrogens (tertiary/aromatic N) is 3. The molecule has 8 heteroatoms. The van der Waals surface area contributed by atoms with Gasteiger partial charge in [0.05, 0.1) is 29.7 Å². The lowest BCUT2D eigenvalue weighted by atomic mass is 10.1. The number of amides is 2. The quantitative estimate of drug-likeness (QED) is 0.342. The number of urea groups is 1. The van der Waals surface area contributed by atoms with Gasteiger partial charge in [-0.1, -0.05) is 30.7 Å². The van der Waals surface area contributed by atoms with Crippen LogP contribution in [0.3, 0.4) is 0 Å². The van der Waals surface area contributed by atoms with Gasteiger partial charge in [-0.3, -0.25) is 9.36 Å². The molecule has 1 heterocycles. The smallest absolute Gasteiger partial charge is 0.322 e. The van der Waals surface area contributed by atoms with E-state index in [1.165, 1.54) is 0 Å². The first-order chi connectivity index (χ1) is 17.0. The van der Waals surface area contributed by atoms with Crippen molar-refractivity contribution in [3.63, 3.8) is 0 Å². The minimum atomic E-state index is -0.452. The van der Waals surface area contributed by atoms with E-state index in [1.54, 1.807) is 59.0 Å². The van der Waals surface area contributed by atoms with Crippen molar-refractivity contribution in [1.82, 2.24) is 14.5 Å². The second-order valence-electron chi connectivity index (χ2n) is 7.97. The molecule has 180 valence electrons. The number of benzene rings is 3. The first-order valence-corrected chi connectivity index (χ1v) is 11.8. The third-order valence-electron chi connectivity index (χ3n) is 5.89. The molecule has 4 aromatic rings. The SMILES string of the molecule is CCC(c1nc2ccccc2c(=O)n1-c1ccc(OC)cc1)N(CC)C(=O)Nc1ccc(Cl)cc1. The van der Waals surface area contributed by atoms with E-state index in [-0.39, 0.29) is 11.6 Å². The Hall–Kier alpha value is -3.84. The highest BCUT2D eigenvalue weighted by atomic mass is 35.5. The van der Waals surface area contributed by atoms with Crippen molar-refractivity contribution in [1.29, 1.82) is 0 Å². The third kappa shape index (κ3) is 5.00. The van der Waals surface area contributed by atoms with Crippen LogP contribution >= 0.6 is 11.6 Å². The third-order valence-corrected chi connectivity index (χ3v) is 6.14. The van der Waals surface area contributed by atoms with Crippen LogP contribution in [-0.4, -0.2) is 34.1 Å². The number of ether oxygens (including phenoxy) is 1. The summed E-state index contributed by atoms with van der Waals surface area (Å²) < 4.78 is 6.87. The van der Waals surface area contributed by atoms with Gasteiger partial charge in [0, 0.05) is 17.3 Å². The number of halogens is 1. The Morgan fingerprint density at radius 3 is 2.37 bits per heavy atom. The fourth-order valence-electron chi connectivity index (χ4n) is 4.13. The highest BCUT2D eigenvalue weighted by Gasteiger charge is 2.28. The van der Waals surface area contributed by atoms with Crippen molar-refractivity contribution in [2.75, 3.05) is 19.0 Å². The van der Waals surface area contributed by atoms with Crippen molar-refractivity contribution in [3.05, 3.63) is 94.0 Å². The molecule has 0 aliphatic carbocycles. The second kappa shape index (κ2) is 10.6. The number of para-hydroxylation sites is 1. The normalized spacial score (nSPS) is 11.8. The number of nitrogens with one attached hydrogen (secondary N) is 1. The fourth-order valence-corrected chi connectivity index (χ4v) is 4.26. The van der Waals surface area contributed by atoms with E-state index in [9.17, 15) is 9.59 Å². The average molecular weight is 491 g/mol. The van der Waals surface area contributed by atoms with Gasteiger partial charge in [0.1, 0.15) is 11.6 Å². The molecule has 0 radical (unpaired) electrons. The molecule has 35 heavy (non-hydrogen) atoms. The van der Waals surface area contributed by atoms with Gasteiger partial charge in [0.25, 0.3) is 5.56 Å². The molecule has 1 aromatic heterocycles. The lowest BCUT2D eigenvalue weighted by Crippen LogP contribution is -2.40. The molecule has 0 aliphatic rings. The zero-order chi connectivity index (χ0) is 24.9. The van der Waals surface area contributed by atoms with Crippen LogP contribution in [0.1, 0.15) is 32.1 Å².